The van der Waals surface area contributed by atoms with E-state index in [2.05, 4.69) is 19.8 Å². The van der Waals surface area contributed by atoms with Crippen molar-refractivity contribution in [2.45, 2.75) is 56.4 Å². The van der Waals surface area contributed by atoms with E-state index in [4.69, 9.17) is 4.52 Å². The maximum absolute atomic E-state index is 13.5. The van der Waals surface area contributed by atoms with E-state index < -0.39 is 21.9 Å². The molecule has 3 aromatic rings. The number of aryl methyl sites for hydroxylation is 2. The number of sulfonamides is 1. The predicted octanol–water partition coefficient (Wildman–Crippen LogP) is 3.04. The molecule has 164 valence electrons. The molecule has 31 heavy (non-hydrogen) atoms. The van der Waals surface area contributed by atoms with Gasteiger partial charge in [0.15, 0.2) is 5.76 Å². The highest BCUT2D eigenvalue weighted by atomic mass is 32.2. The minimum Gasteiger partial charge on any atom is -0.360 e. The molecule has 1 aliphatic carbocycles. The molecule has 10 heteroatoms. The average Bonchev–Trinajstić information content (AvgIpc) is 2.99. The van der Waals surface area contributed by atoms with Crippen LogP contribution in [0, 0.1) is 19.7 Å². The van der Waals surface area contributed by atoms with Crippen molar-refractivity contribution in [1.82, 2.24) is 19.8 Å². The number of H-pyrrole nitrogens is 1. The Morgan fingerprint density at radius 1 is 1.26 bits per heavy atom. The summed E-state index contributed by atoms with van der Waals surface area (Å²) in [5.74, 6) is 0.582. The van der Waals surface area contributed by atoms with E-state index in [0.29, 0.717) is 17.1 Å². The summed E-state index contributed by atoms with van der Waals surface area (Å²) in [6, 6.07) is 6.13. The largest absolute Gasteiger partial charge is 0.360 e. The third-order valence-corrected chi connectivity index (χ3v) is 7.24. The SMILES string of the molecule is Cc1noc(C)c1S(=O)(=O)N[C@H](Cc1cc(=O)[nH]c(C2CCC2)n1)c1ccc(F)cc1. The molecule has 1 aliphatic rings. The number of benzene rings is 1. The fraction of sp³-hybridized carbons (Fsp3) is 0.381. The first-order valence-corrected chi connectivity index (χ1v) is 11.5. The van der Waals surface area contributed by atoms with Crippen molar-refractivity contribution in [3.63, 3.8) is 0 Å². The molecule has 0 unspecified atom stereocenters. The summed E-state index contributed by atoms with van der Waals surface area (Å²) in [5.41, 5.74) is 0.966. The lowest BCUT2D eigenvalue weighted by Crippen LogP contribution is -2.31. The molecular formula is C21H23FN4O4S. The number of hydrogen-bond donors (Lipinski definition) is 2. The van der Waals surface area contributed by atoms with Gasteiger partial charge < -0.3 is 9.51 Å². The lowest BCUT2D eigenvalue weighted by atomic mass is 9.85. The van der Waals surface area contributed by atoms with Gasteiger partial charge in [0.05, 0.1) is 6.04 Å². The van der Waals surface area contributed by atoms with Crippen molar-refractivity contribution in [1.29, 1.82) is 0 Å². The number of nitrogens with zero attached hydrogens (tertiary/aromatic N) is 2. The predicted molar refractivity (Wildman–Crippen MR) is 111 cm³/mol. The highest BCUT2D eigenvalue weighted by Gasteiger charge is 2.29. The van der Waals surface area contributed by atoms with Crippen molar-refractivity contribution in [3.05, 3.63) is 75.0 Å². The van der Waals surface area contributed by atoms with E-state index in [9.17, 15) is 17.6 Å². The zero-order valence-electron chi connectivity index (χ0n) is 17.2. The second kappa shape index (κ2) is 8.35. The maximum atomic E-state index is 13.5. The van der Waals surface area contributed by atoms with Gasteiger partial charge >= 0.3 is 0 Å². The number of nitrogens with one attached hydrogen (secondary N) is 2. The van der Waals surface area contributed by atoms with E-state index in [0.717, 1.165) is 19.3 Å². The molecule has 1 atom stereocenters. The van der Waals surface area contributed by atoms with E-state index in [1.54, 1.807) is 6.92 Å². The van der Waals surface area contributed by atoms with Gasteiger partial charge in [-0.05, 0) is 44.4 Å². The third-order valence-electron chi connectivity index (χ3n) is 5.52. The summed E-state index contributed by atoms with van der Waals surface area (Å²) >= 11 is 0. The average molecular weight is 447 g/mol. The molecule has 8 nitrogen and oxygen atoms in total. The van der Waals surface area contributed by atoms with Crippen LogP contribution in [0.2, 0.25) is 0 Å². The van der Waals surface area contributed by atoms with Gasteiger partial charge in [-0.15, -0.1) is 0 Å². The molecule has 2 N–H and O–H groups in total. The van der Waals surface area contributed by atoms with Gasteiger partial charge in [-0.2, -0.15) is 0 Å². The third kappa shape index (κ3) is 4.59. The molecular weight excluding hydrogens is 423 g/mol. The van der Waals surface area contributed by atoms with E-state index >= 15 is 0 Å². The number of halogens is 1. The molecule has 2 aromatic heterocycles. The zero-order valence-corrected chi connectivity index (χ0v) is 18.0. The topological polar surface area (TPSA) is 118 Å². The molecule has 0 spiro atoms. The first-order valence-electron chi connectivity index (χ1n) is 10.0. The highest BCUT2D eigenvalue weighted by molar-refractivity contribution is 7.89. The number of rotatable bonds is 7. The van der Waals surface area contributed by atoms with Gasteiger partial charge in [-0.3, -0.25) is 4.79 Å². The Bertz CT molecular complexity index is 1230. The van der Waals surface area contributed by atoms with Gasteiger partial charge in [-0.1, -0.05) is 23.7 Å². The minimum absolute atomic E-state index is 0.0337. The van der Waals surface area contributed by atoms with Crippen LogP contribution in [0.5, 0.6) is 0 Å². The molecule has 4 rings (SSSR count). The quantitative estimate of drug-likeness (QED) is 0.576. The summed E-state index contributed by atoms with van der Waals surface area (Å²) in [6.07, 6.45) is 3.14. The number of aromatic amines is 1. The van der Waals surface area contributed by atoms with Gasteiger partial charge in [0, 0.05) is 24.1 Å². The van der Waals surface area contributed by atoms with Crippen LogP contribution in [0.25, 0.3) is 0 Å². The van der Waals surface area contributed by atoms with Crippen molar-refractivity contribution in [2.75, 3.05) is 0 Å². The molecule has 0 radical (unpaired) electrons. The normalized spacial score (nSPS) is 15.6. The van der Waals surface area contributed by atoms with E-state index in [1.165, 1.54) is 37.3 Å². The molecule has 0 aliphatic heterocycles. The smallest absolute Gasteiger partial charge is 0.251 e. The summed E-state index contributed by atoms with van der Waals surface area (Å²) in [4.78, 5) is 19.5. The molecule has 0 bridgehead atoms. The van der Waals surface area contributed by atoms with Gasteiger partial charge in [-0.25, -0.2) is 22.5 Å². The first kappa shape index (κ1) is 21.4. The van der Waals surface area contributed by atoms with Crippen LogP contribution in [0.4, 0.5) is 4.39 Å². The van der Waals surface area contributed by atoms with Crippen LogP contribution in [0.1, 0.15) is 59.8 Å². The Hall–Kier alpha value is -2.85. The fourth-order valence-electron chi connectivity index (χ4n) is 3.74. The van der Waals surface area contributed by atoms with Crippen LogP contribution in [-0.2, 0) is 16.4 Å². The van der Waals surface area contributed by atoms with Crippen molar-refractivity contribution >= 4 is 10.0 Å². The summed E-state index contributed by atoms with van der Waals surface area (Å²) in [5, 5.41) is 3.71. The Labute approximate surface area is 179 Å². The van der Waals surface area contributed by atoms with Gasteiger partial charge in [0.1, 0.15) is 22.2 Å². The van der Waals surface area contributed by atoms with Gasteiger partial charge in [0.25, 0.3) is 5.56 Å². The summed E-state index contributed by atoms with van der Waals surface area (Å²) in [7, 11) is -4.00. The van der Waals surface area contributed by atoms with E-state index in [1.807, 2.05) is 0 Å². The van der Waals surface area contributed by atoms with Crippen LogP contribution in [0.3, 0.4) is 0 Å². The number of hydrogen-bond acceptors (Lipinski definition) is 6. The molecule has 0 amide bonds. The van der Waals surface area contributed by atoms with Gasteiger partial charge in [0.2, 0.25) is 10.0 Å². The standard InChI is InChI=1S/C21H23FN4O4S/c1-12-20(13(2)30-25-12)31(28,29)26-18(14-6-8-16(22)9-7-14)10-17-11-19(27)24-21(23-17)15-4-3-5-15/h6-9,11,15,18,26H,3-5,10H2,1-2H3,(H,23,24,27)/t18-/m1/s1. The molecule has 0 saturated heterocycles. The van der Waals surface area contributed by atoms with Crippen molar-refractivity contribution in [2.24, 2.45) is 0 Å². The van der Waals surface area contributed by atoms with Crippen LogP contribution in [0.15, 0.2) is 44.5 Å². The monoisotopic (exact) mass is 446 g/mol. The highest BCUT2D eigenvalue weighted by Crippen LogP contribution is 2.34. The lowest BCUT2D eigenvalue weighted by Gasteiger charge is -2.25. The maximum Gasteiger partial charge on any atom is 0.251 e. The molecule has 2 heterocycles. The minimum atomic E-state index is -4.00. The molecule has 1 saturated carbocycles. The fourth-order valence-corrected chi connectivity index (χ4v) is 5.30. The van der Waals surface area contributed by atoms with Crippen molar-refractivity contribution in [3.8, 4) is 0 Å². The summed E-state index contributed by atoms with van der Waals surface area (Å²) in [6.45, 7) is 3.06. The number of aromatic nitrogens is 3. The van der Waals surface area contributed by atoms with Crippen LogP contribution in [-0.4, -0.2) is 23.5 Å². The second-order valence-corrected chi connectivity index (χ2v) is 9.48. The van der Waals surface area contributed by atoms with Crippen LogP contribution < -0.4 is 10.3 Å². The summed E-state index contributed by atoms with van der Waals surface area (Å²) < 4.78 is 47.3. The Kier molecular flexibility index (Phi) is 5.76. The lowest BCUT2D eigenvalue weighted by molar-refractivity contribution is 0.390. The Balaban J connectivity index is 1.69. The van der Waals surface area contributed by atoms with Crippen molar-refractivity contribution < 1.29 is 17.3 Å². The molecule has 1 fully saturated rings. The van der Waals surface area contributed by atoms with E-state index in [-0.39, 0.29) is 34.2 Å². The second-order valence-electron chi connectivity index (χ2n) is 7.83. The zero-order chi connectivity index (χ0) is 22.2. The Morgan fingerprint density at radius 3 is 2.55 bits per heavy atom. The van der Waals surface area contributed by atoms with Crippen LogP contribution >= 0.6 is 0 Å². The Morgan fingerprint density at radius 2 is 1.97 bits per heavy atom. The first-order chi connectivity index (χ1) is 14.7. The molecule has 1 aromatic carbocycles.